The van der Waals surface area contributed by atoms with Gasteiger partial charge in [0.2, 0.25) is 17.4 Å². The number of aromatic nitrogens is 2. The standard InChI is InChI=1S/C40H55F3N4O7/c1-11-14-15-17-24-18-16-21-39(24,40(41,42)43)54-36(50)46-32(37(4,5)6)34(48)47-23-30(26(12-2)31(47)35(49)53-38(7,8)9)52-33-27(13-3)44-28-20-19-25(51-10)22-29(28)45-33/h11,13,19-20,22,24,26,30-32H,1,3,12,14-18,21,23H2,2,4-10H3,(H,46,50)/t24-,26-,30+,31+,32-,39?/m1/s1. The van der Waals surface area contributed by atoms with E-state index in [1.807, 2.05) is 6.92 Å². The maximum Gasteiger partial charge on any atom is 0.428 e. The number of hydrogen-bond acceptors (Lipinski definition) is 9. The summed E-state index contributed by atoms with van der Waals surface area (Å²) in [4.78, 5) is 52.8. The quantitative estimate of drug-likeness (QED) is 0.122. The number of esters is 1. The van der Waals surface area contributed by atoms with Gasteiger partial charge in [0.05, 0.1) is 24.7 Å². The molecule has 11 nitrogen and oxygen atoms in total. The summed E-state index contributed by atoms with van der Waals surface area (Å²) in [5.41, 5.74) is -3.25. The van der Waals surface area contributed by atoms with E-state index < -0.39 is 70.8 Å². The number of alkyl carbamates (subject to hydrolysis) is 1. The lowest BCUT2D eigenvalue weighted by molar-refractivity contribution is -0.271. The Bertz CT molecular complexity index is 1700. The number of alkyl halides is 3. The molecular formula is C40H55F3N4O7. The van der Waals surface area contributed by atoms with Gasteiger partial charge in [-0.3, -0.25) is 4.79 Å². The average molecular weight is 761 g/mol. The molecule has 2 heterocycles. The number of benzene rings is 1. The van der Waals surface area contributed by atoms with E-state index in [9.17, 15) is 27.6 Å². The molecule has 1 saturated heterocycles. The lowest BCUT2D eigenvalue weighted by Crippen LogP contribution is -2.60. The third-order valence-electron chi connectivity index (χ3n) is 10.2. The summed E-state index contributed by atoms with van der Waals surface area (Å²) in [6, 6.07) is 2.63. The molecule has 2 aliphatic rings. The minimum Gasteiger partial charge on any atom is -0.497 e. The second-order valence-corrected chi connectivity index (χ2v) is 16.2. The third kappa shape index (κ3) is 9.29. The van der Waals surface area contributed by atoms with Gasteiger partial charge in [0.1, 0.15) is 35.2 Å². The number of fused-ring (bicyclic) bond motifs is 1. The number of nitrogens with zero attached hydrogens (tertiary/aromatic N) is 3. The minimum absolute atomic E-state index is 0.122. The molecule has 6 atom stereocenters. The Kier molecular flexibility index (Phi) is 13.0. The van der Waals surface area contributed by atoms with Crippen molar-refractivity contribution < 1.29 is 46.5 Å². The molecule has 2 amide bonds. The van der Waals surface area contributed by atoms with Gasteiger partial charge in [-0.2, -0.15) is 13.2 Å². The Morgan fingerprint density at radius 2 is 1.80 bits per heavy atom. The topological polar surface area (TPSA) is 129 Å². The normalized spacial score (nSPS) is 23.8. The zero-order valence-corrected chi connectivity index (χ0v) is 32.7. The number of unbranched alkanes of at least 4 members (excludes halogenated alkanes) is 1. The van der Waals surface area contributed by atoms with E-state index in [2.05, 4.69) is 28.4 Å². The number of methoxy groups -OCH3 is 1. The van der Waals surface area contributed by atoms with Crippen LogP contribution in [0.15, 0.2) is 37.4 Å². The molecule has 4 rings (SSSR count). The van der Waals surface area contributed by atoms with E-state index >= 15 is 0 Å². The van der Waals surface area contributed by atoms with E-state index in [0.717, 1.165) is 0 Å². The molecule has 14 heteroatoms. The molecule has 1 unspecified atom stereocenters. The lowest BCUT2D eigenvalue weighted by atomic mass is 9.85. The van der Waals surface area contributed by atoms with Crippen molar-refractivity contribution >= 4 is 35.1 Å². The molecule has 1 aromatic heterocycles. The van der Waals surface area contributed by atoms with Crippen molar-refractivity contribution in [1.29, 1.82) is 0 Å². The van der Waals surface area contributed by atoms with Gasteiger partial charge in [-0.15, -0.1) is 6.58 Å². The highest BCUT2D eigenvalue weighted by Crippen LogP contribution is 2.51. The predicted molar refractivity (Wildman–Crippen MR) is 199 cm³/mol. The Labute approximate surface area is 316 Å². The number of carbonyl (C=O) groups excluding carboxylic acids is 3. The first kappa shape index (κ1) is 42.4. The number of ether oxygens (including phenoxy) is 4. The summed E-state index contributed by atoms with van der Waals surface area (Å²) < 4.78 is 67.4. The first-order valence-electron chi connectivity index (χ1n) is 18.5. The molecule has 2 aromatic rings. The van der Waals surface area contributed by atoms with Crippen molar-refractivity contribution in [2.75, 3.05) is 13.7 Å². The van der Waals surface area contributed by atoms with Gasteiger partial charge < -0.3 is 29.2 Å². The van der Waals surface area contributed by atoms with Crippen molar-refractivity contribution in [2.24, 2.45) is 17.3 Å². The number of halogens is 3. The number of amides is 2. The molecule has 1 aromatic carbocycles. The fourth-order valence-electron chi connectivity index (χ4n) is 7.53. The number of hydrogen-bond donors (Lipinski definition) is 1. The Hall–Kier alpha value is -4.36. The van der Waals surface area contributed by atoms with E-state index in [0.29, 0.717) is 41.7 Å². The van der Waals surface area contributed by atoms with E-state index in [1.165, 1.54) is 18.1 Å². The number of allylic oxidation sites excluding steroid dienone is 1. The Morgan fingerprint density at radius 1 is 1.09 bits per heavy atom. The maximum absolute atomic E-state index is 14.8. The van der Waals surface area contributed by atoms with Crippen LogP contribution in [0.1, 0.15) is 99.1 Å². The molecule has 0 spiro atoms. The van der Waals surface area contributed by atoms with Crippen LogP contribution >= 0.6 is 0 Å². The first-order chi connectivity index (χ1) is 25.2. The van der Waals surface area contributed by atoms with Crippen LogP contribution in [0.5, 0.6) is 11.6 Å². The summed E-state index contributed by atoms with van der Waals surface area (Å²) in [6.07, 6.45) is -2.18. The number of nitrogens with one attached hydrogen (secondary N) is 1. The highest BCUT2D eigenvalue weighted by Gasteiger charge is 2.64. The second kappa shape index (κ2) is 16.6. The smallest absolute Gasteiger partial charge is 0.428 e. The summed E-state index contributed by atoms with van der Waals surface area (Å²) in [5, 5.41) is 2.49. The second-order valence-electron chi connectivity index (χ2n) is 16.2. The fraction of sp³-hybridized carbons (Fsp3) is 0.625. The summed E-state index contributed by atoms with van der Waals surface area (Å²) >= 11 is 0. The molecule has 1 N–H and O–H groups in total. The van der Waals surface area contributed by atoms with E-state index in [-0.39, 0.29) is 38.1 Å². The van der Waals surface area contributed by atoms with Gasteiger partial charge in [-0.05, 0) is 89.3 Å². The van der Waals surface area contributed by atoms with Gasteiger partial charge in [0.15, 0.2) is 0 Å². The summed E-state index contributed by atoms with van der Waals surface area (Å²) in [7, 11) is 1.53. The van der Waals surface area contributed by atoms with Crippen LogP contribution in [0.25, 0.3) is 17.1 Å². The van der Waals surface area contributed by atoms with Gasteiger partial charge in [-0.25, -0.2) is 19.6 Å². The zero-order valence-electron chi connectivity index (χ0n) is 32.7. The molecule has 54 heavy (non-hydrogen) atoms. The molecule has 0 bridgehead atoms. The summed E-state index contributed by atoms with van der Waals surface area (Å²) in [5.74, 6) is -2.26. The molecule has 1 aliphatic carbocycles. The molecular weight excluding hydrogens is 705 g/mol. The van der Waals surface area contributed by atoms with Crippen molar-refractivity contribution in [1.82, 2.24) is 20.2 Å². The van der Waals surface area contributed by atoms with Gasteiger partial charge >= 0.3 is 18.2 Å². The van der Waals surface area contributed by atoms with Gasteiger partial charge in [0, 0.05) is 17.9 Å². The molecule has 1 saturated carbocycles. The fourth-order valence-corrected chi connectivity index (χ4v) is 7.53. The molecule has 0 radical (unpaired) electrons. The molecule has 298 valence electrons. The molecule has 1 aliphatic heterocycles. The maximum atomic E-state index is 14.8. The van der Waals surface area contributed by atoms with Crippen LogP contribution in [-0.2, 0) is 19.1 Å². The largest absolute Gasteiger partial charge is 0.497 e. The lowest BCUT2D eigenvalue weighted by Gasteiger charge is -2.39. The van der Waals surface area contributed by atoms with Gasteiger partial charge in [-0.1, -0.05) is 40.3 Å². The SMILES string of the molecule is C=CCCC[C@@H]1CCCC1(OC(=O)N[C@H](C(=O)N1C[C@H](Oc2nc3cc(OC)ccc3nc2C=C)[C@@H](CC)[C@H]1C(=O)OC(C)(C)C)C(C)(C)C)C(F)(F)F. The van der Waals surface area contributed by atoms with E-state index in [1.54, 1.807) is 65.8 Å². The molecule has 2 fully saturated rings. The van der Waals surface area contributed by atoms with Crippen molar-refractivity contribution in [2.45, 2.75) is 129 Å². The summed E-state index contributed by atoms with van der Waals surface area (Å²) in [6.45, 7) is 19.3. The van der Waals surface area contributed by atoms with Crippen molar-refractivity contribution in [3.63, 3.8) is 0 Å². The number of likely N-dealkylation sites (tertiary alicyclic amines) is 1. The van der Waals surface area contributed by atoms with Gasteiger partial charge in [0.25, 0.3) is 0 Å². The Morgan fingerprint density at radius 3 is 2.37 bits per heavy atom. The monoisotopic (exact) mass is 760 g/mol. The zero-order chi connectivity index (χ0) is 40.2. The van der Waals surface area contributed by atoms with Crippen LogP contribution in [0.2, 0.25) is 0 Å². The minimum atomic E-state index is -4.84. The average Bonchev–Trinajstić information content (AvgIpc) is 3.66. The van der Waals surface area contributed by atoms with E-state index in [4.69, 9.17) is 18.9 Å². The van der Waals surface area contributed by atoms with Crippen LogP contribution in [-0.4, -0.2) is 82.1 Å². The van der Waals surface area contributed by atoms with Crippen LogP contribution in [0.4, 0.5) is 18.0 Å². The van der Waals surface area contributed by atoms with Crippen molar-refractivity contribution in [3.05, 3.63) is 43.1 Å². The third-order valence-corrected chi connectivity index (χ3v) is 10.2. The highest BCUT2D eigenvalue weighted by atomic mass is 19.4. The van der Waals surface area contributed by atoms with Crippen LogP contribution in [0, 0.1) is 17.3 Å². The first-order valence-corrected chi connectivity index (χ1v) is 18.5. The number of rotatable bonds is 13. The number of carbonyl (C=O) groups is 3. The van der Waals surface area contributed by atoms with Crippen LogP contribution in [0.3, 0.4) is 0 Å². The predicted octanol–water partition coefficient (Wildman–Crippen LogP) is 8.21. The van der Waals surface area contributed by atoms with Crippen molar-refractivity contribution in [3.8, 4) is 11.6 Å². The highest BCUT2D eigenvalue weighted by molar-refractivity contribution is 5.91. The van der Waals surface area contributed by atoms with Crippen LogP contribution < -0.4 is 14.8 Å². The Balaban J connectivity index is 1.70.